The molecule has 1 saturated heterocycles. The summed E-state index contributed by atoms with van der Waals surface area (Å²) in [6.45, 7) is 5.03. The molecule has 0 spiro atoms. The fourth-order valence-corrected chi connectivity index (χ4v) is 6.80. The Bertz CT molecular complexity index is 1890. The van der Waals surface area contributed by atoms with Crippen LogP contribution in [0.15, 0.2) is 30.3 Å². The third-order valence-electron chi connectivity index (χ3n) is 10.6. The average molecular weight is 931 g/mol. The van der Waals surface area contributed by atoms with Gasteiger partial charge in [0.2, 0.25) is 65.4 Å². The number of carbonyl (C=O) groups is 10. The van der Waals surface area contributed by atoms with Gasteiger partial charge in [-0.3, -0.25) is 52.7 Å². The monoisotopic (exact) mass is 930 g/mol. The molecular weight excluding hydrogens is 867 g/mol. The summed E-state index contributed by atoms with van der Waals surface area (Å²) in [4.78, 5) is 143. The van der Waals surface area contributed by atoms with Crippen LogP contribution < -0.4 is 54.4 Å². The number of hydrogen-bond donors (Lipinski definition) is 12. The fraction of sp³-hybridized carbons (Fsp3) is 0.595. The number of aliphatic hydroxyl groups is 2. The Morgan fingerprint density at radius 2 is 1.27 bits per heavy atom. The van der Waals surface area contributed by atoms with E-state index in [1.54, 1.807) is 37.3 Å². The predicted molar refractivity (Wildman–Crippen MR) is 234 cm³/mol. The quantitative estimate of drug-likeness (QED) is 0.0373. The number of nitrogens with zero attached hydrogens (tertiary/aromatic N) is 1. The van der Waals surface area contributed by atoms with Gasteiger partial charge in [0.15, 0.2) is 0 Å². The molecule has 1 aromatic carbocycles. The molecule has 0 unspecified atom stereocenters. The lowest BCUT2D eigenvalue weighted by atomic mass is 9.96. The zero-order valence-electron chi connectivity index (χ0n) is 37.5. The van der Waals surface area contributed by atoms with Crippen molar-refractivity contribution in [3.05, 3.63) is 35.9 Å². The number of aliphatic hydroxyl groups excluding tert-OH is 2. The number of hydrogen-bond acceptors (Lipinski definition) is 14. The molecule has 1 aliphatic rings. The number of amides is 10. The van der Waals surface area contributed by atoms with Crippen LogP contribution in [-0.2, 0) is 59.2 Å². The van der Waals surface area contributed by atoms with E-state index < -0.39 is 140 Å². The van der Waals surface area contributed by atoms with Crippen molar-refractivity contribution in [2.24, 2.45) is 29.0 Å². The first-order chi connectivity index (χ1) is 31.1. The Kier molecular flexibility index (Phi) is 23.4. The molecule has 1 fully saturated rings. The highest BCUT2D eigenvalue weighted by molar-refractivity contribution is 5.99. The molecule has 9 atom stereocenters. The minimum atomic E-state index is -1.84. The number of primary amides is 2. The molecule has 24 heteroatoms. The van der Waals surface area contributed by atoms with Gasteiger partial charge < -0.3 is 69.5 Å². The van der Waals surface area contributed by atoms with Crippen LogP contribution in [-0.4, -0.2) is 155 Å². The molecular formula is C42H64N11O13. The van der Waals surface area contributed by atoms with Crippen LogP contribution in [0, 0.1) is 11.8 Å². The number of likely N-dealkylation sites (tertiary alicyclic amines) is 1. The summed E-state index contributed by atoms with van der Waals surface area (Å²) >= 11 is 0. The van der Waals surface area contributed by atoms with Crippen LogP contribution in [0.25, 0.3) is 0 Å². The molecule has 1 heterocycles. The maximum Gasteiger partial charge on any atom is 0.245 e. The van der Waals surface area contributed by atoms with E-state index in [4.69, 9.17) is 22.3 Å². The molecule has 0 aliphatic carbocycles. The number of rotatable bonds is 28. The third kappa shape index (κ3) is 18.2. The number of nitrogens with one attached hydrogen (secondary N) is 7. The van der Waals surface area contributed by atoms with Gasteiger partial charge in [0, 0.05) is 13.0 Å². The summed E-state index contributed by atoms with van der Waals surface area (Å²) in [5.41, 5.74) is 16.6. The predicted octanol–water partition coefficient (Wildman–Crippen LogP) is -5.49. The Morgan fingerprint density at radius 1 is 0.727 bits per heavy atom. The standard InChI is InChI=1S/C42H64N11O13/c1-5-23(4)35(42(66)47-25(19-54)14-22(2)3)52-41(65)31-12-9-13-53(31)34(59)18-46-37(61)27(15-24-10-7-6-8-11-24)48-38(62)28(16-32(44)57)49-39(63)29(17-33(45)58)50-40(64)30(21-56)51-36(60)26(43)20-55/h6-8,10-11,22-23,25-31,35,55-56H,5,9,12-18,20-21,43H2,1-4H3,(H2,44,57)(H2,45,58)(H,46,61)(H,47,66)(H,48,62)(H,49,63)(H,50,64)(H,51,60)(H,52,65)/t23-,25-,26-,27-,28-,29-,30-,31-,35-/m0/s1. The van der Waals surface area contributed by atoms with Crippen molar-refractivity contribution in [3.63, 3.8) is 0 Å². The lowest BCUT2D eigenvalue weighted by Gasteiger charge is -2.29. The van der Waals surface area contributed by atoms with Crippen LogP contribution in [0.4, 0.5) is 0 Å². The van der Waals surface area contributed by atoms with Crippen molar-refractivity contribution in [2.45, 2.75) is 121 Å². The van der Waals surface area contributed by atoms with Gasteiger partial charge in [-0.2, -0.15) is 0 Å². The van der Waals surface area contributed by atoms with Crippen molar-refractivity contribution in [2.75, 3.05) is 26.3 Å². The maximum absolute atomic E-state index is 13.8. The van der Waals surface area contributed by atoms with Crippen LogP contribution in [0.5, 0.6) is 0 Å². The summed E-state index contributed by atoms with van der Waals surface area (Å²) in [6, 6.07) is -2.95. The average Bonchev–Trinajstić information content (AvgIpc) is 3.77. The molecule has 66 heavy (non-hydrogen) atoms. The maximum atomic E-state index is 13.8. The number of carbonyl (C=O) groups excluding carboxylic acids is 11. The summed E-state index contributed by atoms with van der Waals surface area (Å²) in [6.07, 6.45) is 1.44. The van der Waals surface area contributed by atoms with E-state index in [1.165, 1.54) is 4.90 Å². The Labute approximate surface area is 382 Å². The van der Waals surface area contributed by atoms with Crippen molar-refractivity contribution in [3.8, 4) is 0 Å². The largest absolute Gasteiger partial charge is 0.394 e. The Morgan fingerprint density at radius 3 is 1.77 bits per heavy atom. The van der Waals surface area contributed by atoms with Gasteiger partial charge in [0.25, 0.3) is 0 Å². The van der Waals surface area contributed by atoms with Crippen molar-refractivity contribution >= 4 is 65.4 Å². The molecule has 10 amide bonds. The molecule has 15 N–H and O–H groups in total. The number of nitrogens with two attached hydrogens (primary N) is 3. The minimum absolute atomic E-state index is 0.0804. The molecule has 1 radical (unpaired) electrons. The van der Waals surface area contributed by atoms with E-state index in [1.807, 2.05) is 27.1 Å². The Balaban J connectivity index is 2.27. The topological polar surface area (TPSA) is 394 Å². The van der Waals surface area contributed by atoms with Gasteiger partial charge >= 0.3 is 0 Å². The second-order valence-electron chi connectivity index (χ2n) is 16.4. The van der Waals surface area contributed by atoms with Gasteiger partial charge in [-0.15, -0.1) is 0 Å². The smallest absolute Gasteiger partial charge is 0.245 e. The first-order valence-corrected chi connectivity index (χ1v) is 21.5. The highest BCUT2D eigenvalue weighted by Crippen LogP contribution is 2.19. The lowest BCUT2D eigenvalue weighted by molar-refractivity contribution is -0.140. The van der Waals surface area contributed by atoms with Crippen molar-refractivity contribution in [1.82, 2.24) is 42.1 Å². The SMILES string of the molecule is CC[C@H](C)[C@H](NC(=O)[C@@H]1CCCN1C(=O)CNC(=O)[C@H](Cc1ccccc1)NC(=O)[C@H](CC(N)=O)NC(=O)[C@H](CC(N)=O)NC(=O)[C@H](CO)NC(=O)[C@@H](N)CO)C(=O)N[C@H]([C]=O)CC(C)C. The van der Waals surface area contributed by atoms with Crippen LogP contribution >= 0.6 is 0 Å². The summed E-state index contributed by atoms with van der Waals surface area (Å²) in [5, 5.41) is 35.5. The second-order valence-corrected chi connectivity index (χ2v) is 16.4. The van der Waals surface area contributed by atoms with E-state index in [0.717, 1.165) is 0 Å². The summed E-state index contributed by atoms with van der Waals surface area (Å²) in [5.74, 6) is -9.84. The zero-order chi connectivity index (χ0) is 49.7. The van der Waals surface area contributed by atoms with Gasteiger partial charge in [-0.1, -0.05) is 64.4 Å². The molecule has 365 valence electrons. The van der Waals surface area contributed by atoms with Gasteiger partial charge in [-0.25, -0.2) is 0 Å². The minimum Gasteiger partial charge on any atom is -0.394 e. The molecule has 0 saturated carbocycles. The normalized spacial score (nSPS) is 17.0. The van der Waals surface area contributed by atoms with E-state index in [9.17, 15) is 57.8 Å². The summed E-state index contributed by atoms with van der Waals surface area (Å²) in [7, 11) is 0. The fourth-order valence-electron chi connectivity index (χ4n) is 6.80. The number of benzene rings is 1. The van der Waals surface area contributed by atoms with Crippen LogP contribution in [0.3, 0.4) is 0 Å². The van der Waals surface area contributed by atoms with Gasteiger partial charge in [0.1, 0.15) is 42.3 Å². The van der Waals surface area contributed by atoms with E-state index in [-0.39, 0.29) is 31.2 Å². The van der Waals surface area contributed by atoms with Gasteiger partial charge in [-0.05, 0) is 36.7 Å². The third-order valence-corrected chi connectivity index (χ3v) is 10.6. The molecule has 2 rings (SSSR count). The first kappa shape index (κ1) is 55.6. The Hall–Kier alpha value is -6.53. The van der Waals surface area contributed by atoms with Crippen LogP contribution in [0.2, 0.25) is 0 Å². The molecule has 0 aromatic heterocycles. The molecule has 24 nitrogen and oxygen atoms in total. The van der Waals surface area contributed by atoms with E-state index in [2.05, 4.69) is 37.2 Å². The van der Waals surface area contributed by atoms with E-state index >= 15 is 0 Å². The highest BCUT2D eigenvalue weighted by Gasteiger charge is 2.38. The van der Waals surface area contributed by atoms with Crippen molar-refractivity contribution in [1.29, 1.82) is 0 Å². The van der Waals surface area contributed by atoms with Crippen molar-refractivity contribution < 1.29 is 63.0 Å². The molecule has 1 aliphatic heterocycles. The molecule has 0 bridgehead atoms. The summed E-state index contributed by atoms with van der Waals surface area (Å²) < 4.78 is 0. The van der Waals surface area contributed by atoms with E-state index in [0.29, 0.717) is 24.8 Å². The lowest BCUT2D eigenvalue weighted by Crippen LogP contribution is -2.60. The first-order valence-electron chi connectivity index (χ1n) is 21.5. The molecule has 1 aromatic rings. The highest BCUT2D eigenvalue weighted by atomic mass is 16.3. The van der Waals surface area contributed by atoms with Crippen LogP contribution in [0.1, 0.15) is 71.8 Å². The zero-order valence-corrected chi connectivity index (χ0v) is 37.5. The van der Waals surface area contributed by atoms with Gasteiger partial charge in [0.05, 0.1) is 38.6 Å². The second kappa shape index (κ2) is 27.7.